The summed E-state index contributed by atoms with van der Waals surface area (Å²) >= 11 is 0. The zero-order valence-corrected chi connectivity index (χ0v) is 25.0. The topological polar surface area (TPSA) is 206 Å². The fourth-order valence-electron chi connectivity index (χ4n) is 6.87. The molecule has 1 saturated carbocycles. The van der Waals surface area contributed by atoms with Gasteiger partial charge >= 0.3 is 0 Å². The van der Waals surface area contributed by atoms with Crippen molar-refractivity contribution in [1.29, 1.82) is 0 Å². The van der Waals surface area contributed by atoms with E-state index in [1.165, 1.54) is 18.1 Å². The van der Waals surface area contributed by atoms with Gasteiger partial charge in [-0.05, 0) is 62.2 Å². The van der Waals surface area contributed by atoms with Gasteiger partial charge in [-0.3, -0.25) is 19.3 Å². The van der Waals surface area contributed by atoms with E-state index in [-0.39, 0.29) is 47.7 Å². The van der Waals surface area contributed by atoms with Crippen LogP contribution in [0.25, 0.3) is 5.76 Å². The molecule has 0 saturated heterocycles. The van der Waals surface area contributed by atoms with E-state index in [4.69, 9.17) is 10.5 Å². The Morgan fingerprint density at radius 2 is 1.80 bits per heavy atom. The smallest absolute Gasteiger partial charge is 0.255 e. The normalized spacial score (nSPS) is 24.6. The first-order valence-electron chi connectivity index (χ1n) is 14.0. The summed E-state index contributed by atoms with van der Waals surface area (Å²) < 4.78 is 5.08. The van der Waals surface area contributed by atoms with Crippen molar-refractivity contribution in [3.05, 3.63) is 57.9 Å². The summed E-state index contributed by atoms with van der Waals surface area (Å²) in [4.78, 5) is 42.8. The fourth-order valence-corrected chi connectivity index (χ4v) is 6.87. The van der Waals surface area contributed by atoms with Gasteiger partial charge in [-0.25, -0.2) is 0 Å². The molecule has 5 rings (SSSR count). The first kappa shape index (κ1) is 30.7. The van der Waals surface area contributed by atoms with E-state index >= 15 is 0 Å². The molecule has 0 aliphatic heterocycles. The monoisotopic (exact) mass is 608 g/mol. The number of anilines is 2. The molecule has 3 aliphatic rings. The number of amides is 1. The first-order chi connectivity index (χ1) is 20.6. The second kappa shape index (κ2) is 10.8. The minimum absolute atomic E-state index is 0.000354. The zero-order chi connectivity index (χ0) is 32.4. The third kappa shape index (κ3) is 4.42. The molecular formula is C31H36N4O9. The van der Waals surface area contributed by atoms with E-state index in [1.807, 2.05) is 0 Å². The quantitative estimate of drug-likeness (QED) is 0.176. The number of aliphatic hydroxyl groups excluding tert-OH is 2. The Bertz CT molecular complexity index is 1660. The number of ether oxygens (including phenoxy) is 1. The van der Waals surface area contributed by atoms with Gasteiger partial charge in [-0.15, -0.1) is 0 Å². The number of carbonyl (C=O) groups excluding carboxylic acids is 3. The van der Waals surface area contributed by atoms with Crippen LogP contribution in [0.4, 0.5) is 11.4 Å². The van der Waals surface area contributed by atoms with Crippen molar-refractivity contribution in [2.75, 3.05) is 45.5 Å². The third-order valence-electron chi connectivity index (χ3n) is 8.91. The second-order valence-corrected chi connectivity index (χ2v) is 11.9. The van der Waals surface area contributed by atoms with Gasteiger partial charge in [-0.2, -0.15) is 0 Å². The lowest BCUT2D eigenvalue weighted by Crippen LogP contribution is -2.65. The van der Waals surface area contributed by atoms with E-state index in [1.54, 1.807) is 51.3 Å². The lowest BCUT2D eigenvalue weighted by atomic mass is 9.57. The Balaban J connectivity index is 1.64. The molecule has 2 aromatic carbocycles. The Hall–Kier alpha value is -4.75. The lowest BCUT2D eigenvalue weighted by Gasteiger charge is -2.50. The van der Waals surface area contributed by atoms with Crippen LogP contribution in [0.2, 0.25) is 0 Å². The number of likely N-dealkylation sites (N-methyl/N-ethyl adjacent to an activating group) is 1. The molecule has 8 N–H and O–H groups in total. The molecule has 0 bridgehead atoms. The Labute approximate surface area is 253 Å². The Kier molecular flexibility index (Phi) is 7.50. The van der Waals surface area contributed by atoms with Gasteiger partial charge in [0, 0.05) is 37.8 Å². The average Bonchev–Trinajstić information content (AvgIpc) is 2.94. The van der Waals surface area contributed by atoms with Crippen molar-refractivity contribution in [3.8, 4) is 17.2 Å². The minimum Gasteiger partial charge on any atom is -0.508 e. The van der Waals surface area contributed by atoms with Crippen LogP contribution in [-0.2, 0) is 27.3 Å². The number of nitrogens with two attached hydrogens (primary N) is 1. The summed E-state index contributed by atoms with van der Waals surface area (Å²) in [5.74, 6) is -6.82. The van der Waals surface area contributed by atoms with Gasteiger partial charge in [0.2, 0.25) is 5.78 Å². The van der Waals surface area contributed by atoms with Crippen molar-refractivity contribution in [1.82, 2.24) is 4.90 Å². The van der Waals surface area contributed by atoms with Crippen LogP contribution in [0, 0.1) is 11.8 Å². The zero-order valence-electron chi connectivity index (χ0n) is 25.0. The van der Waals surface area contributed by atoms with Crippen LogP contribution >= 0.6 is 0 Å². The van der Waals surface area contributed by atoms with Gasteiger partial charge in [0.25, 0.3) is 5.91 Å². The molecule has 44 heavy (non-hydrogen) atoms. The van der Waals surface area contributed by atoms with E-state index in [0.717, 1.165) is 0 Å². The van der Waals surface area contributed by atoms with Crippen molar-refractivity contribution in [2.24, 2.45) is 17.6 Å². The number of benzene rings is 2. The average molecular weight is 609 g/mol. The van der Waals surface area contributed by atoms with Crippen molar-refractivity contribution in [3.63, 3.8) is 0 Å². The number of nitrogens with zero attached hydrogens (tertiary/aromatic N) is 2. The number of phenolic OH excluding ortho intramolecular Hbond substituents is 2. The number of Topliss-reactive ketones (excluding diaryl/α,β-unsaturated/α-hetero) is 2. The van der Waals surface area contributed by atoms with E-state index < -0.39 is 58.0 Å². The maximum Gasteiger partial charge on any atom is 0.255 e. The molecule has 1 fully saturated rings. The van der Waals surface area contributed by atoms with Gasteiger partial charge in [-0.1, -0.05) is 6.07 Å². The maximum atomic E-state index is 14.1. The summed E-state index contributed by atoms with van der Waals surface area (Å²) in [5, 5.41) is 59.2. The number of carbonyl (C=O) groups is 3. The number of hydrogen-bond acceptors (Lipinski definition) is 12. The number of rotatable bonds is 7. The molecule has 0 spiro atoms. The Morgan fingerprint density at radius 3 is 2.36 bits per heavy atom. The van der Waals surface area contributed by atoms with Gasteiger partial charge in [0.1, 0.15) is 22.8 Å². The molecule has 4 unspecified atom stereocenters. The van der Waals surface area contributed by atoms with Crippen LogP contribution in [0.3, 0.4) is 0 Å². The summed E-state index contributed by atoms with van der Waals surface area (Å²) in [6, 6.07) is 5.38. The number of aromatic hydroxyl groups is 2. The number of hydrogen-bond donors (Lipinski definition) is 7. The van der Waals surface area contributed by atoms with Gasteiger partial charge in [0.15, 0.2) is 22.9 Å². The standard InChI is InChI=1S/C31H36N4O9/c1-34(2)18-11-17(33-12-13-6-7-20(44-5)19(36)8-13)25(37)22-15(18)9-14-10-16-24(35(3)4)27(39)23(30(32)42)29(41)31(16,43)28(40)21(14)26(22)38/h6-8,11,14,16,24,33,36-38,41,43H,9-10,12H2,1-5H3,(H2,32,42). The summed E-state index contributed by atoms with van der Waals surface area (Å²) in [7, 11) is 8.12. The predicted octanol–water partition coefficient (Wildman–Crippen LogP) is 1.36. The maximum absolute atomic E-state index is 14.1. The highest BCUT2D eigenvalue weighted by molar-refractivity contribution is 6.24. The van der Waals surface area contributed by atoms with E-state index in [0.29, 0.717) is 22.6 Å². The molecule has 2 aromatic rings. The first-order valence-corrected chi connectivity index (χ1v) is 14.0. The largest absolute Gasteiger partial charge is 0.508 e. The van der Waals surface area contributed by atoms with Crippen molar-refractivity contribution < 1.29 is 44.7 Å². The molecular weight excluding hydrogens is 572 g/mol. The number of methoxy groups -OCH3 is 1. The number of ketones is 2. The minimum atomic E-state index is -2.71. The number of aliphatic hydroxyl groups is 3. The number of nitrogens with one attached hydrogen (secondary N) is 1. The molecule has 1 amide bonds. The lowest BCUT2D eigenvalue weighted by molar-refractivity contribution is -0.153. The molecule has 13 nitrogen and oxygen atoms in total. The van der Waals surface area contributed by atoms with Gasteiger partial charge < -0.3 is 46.2 Å². The molecule has 0 radical (unpaired) electrons. The van der Waals surface area contributed by atoms with Crippen LogP contribution in [-0.4, -0.2) is 94.8 Å². The molecule has 3 aliphatic carbocycles. The van der Waals surface area contributed by atoms with Crippen LogP contribution in [0.5, 0.6) is 17.2 Å². The third-order valence-corrected chi connectivity index (χ3v) is 8.91. The second-order valence-electron chi connectivity index (χ2n) is 11.9. The summed E-state index contributed by atoms with van der Waals surface area (Å²) in [6.45, 7) is 0.172. The Morgan fingerprint density at radius 1 is 1.11 bits per heavy atom. The highest BCUT2D eigenvalue weighted by atomic mass is 16.5. The highest BCUT2D eigenvalue weighted by Crippen LogP contribution is 2.54. The molecule has 234 valence electrons. The molecule has 4 atom stereocenters. The molecule has 0 aromatic heterocycles. The van der Waals surface area contributed by atoms with Crippen molar-refractivity contribution in [2.45, 2.75) is 31.0 Å². The van der Waals surface area contributed by atoms with Crippen molar-refractivity contribution >= 4 is 34.6 Å². The SMILES string of the molecule is COc1ccc(CNc2cc(N(C)C)c3c(c2O)C(O)=C2C(=O)C4(O)C(O)=C(C(N)=O)C(=O)C(N(C)C)C4CC2C3)cc1O. The predicted molar refractivity (Wildman–Crippen MR) is 161 cm³/mol. The fraction of sp³-hybridized carbons (Fsp3) is 0.387. The van der Waals surface area contributed by atoms with Crippen LogP contribution in [0.1, 0.15) is 23.1 Å². The highest BCUT2D eigenvalue weighted by Gasteiger charge is 2.64. The molecule has 0 heterocycles. The van der Waals surface area contributed by atoms with E-state index in [9.17, 15) is 39.9 Å². The van der Waals surface area contributed by atoms with Gasteiger partial charge in [0.05, 0.1) is 24.4 Å². The summed E-state index contributed by atoms with van der Waals surface area (Å²) in [6.07, 6.45) is 0.169. The molecule has 13 heteroatoms. The number of phenols is 2. The van der Waals surface area contributed by atoms with Crippen LogP contribution < -0.4 is 20.7 Å². The summed E-state index contributed by atoms with van der Waals surface area (Å²) in [5.41, 5.74) is 3.65. The number of fused-ring (bicyclic) bond motifs is 3. The van der Waals surface area contributed by atoms with Crippen LogP contribution in [0.15, 0.2) is 41.2 Å². The number of primary amides is 1. The van der Waals surface area contributed by atoms with E-state index in [2.05, 4.69) is 5.32 Å².